The summed E-state index contributed by atoms with van der Waals surface area (Å²) in [7, 11) is 1.58. The molecule has 0 radical (unpaired) electrons. The number of rotatable bonds is 9. The quantitative estimate of drug-likeness (QED) is 0.324. The van der Waals surface area contributed by atoms with Gasteiger partial charge in [-0.3, -0.25) is 14.5 Å². The molecule has 1 N–H and O–H groups in total. The number of hydrogen-bond acceptors (Lipinski definition) is 7. The highest BCUT2D eigenvalue weighted by atomic mass is 16.5. The highest BCUT2D eigenvalue weighted by Crippen LogP contribution is 2.40. The molecular formula is C28H34N2O6. The SMILES string of the molecule is CCCOc1ccc(/C(O)=C2\C(=O)C(=O)N(CCN3CCOCC3)C2c2ccc(OC)cc2)c(C)c1. The number of Topliss-reactive ketones (excluding diaryl/α,β-unsaturated/α-hetero) is 1. The van der Waals surface area contributed by atoms with Crippen molar-refractivity contribution in [1.82, 2.24) is 9.80 Å². The van der Waals surface area contributed by atoms with Crippen LogP contribution in [-0.4, -0.2) is 79.7 Å². The van der Waals surface area contributed by atoms with Crippen LogP contribution in [0, 0.1) is 6.92 Å². The van der Waals surface area contributed by atoms with E-state index in [1.54, 1.807) is 36.3 Å². The zero-order chi connectivity index (χ0) is 25.7. The van der Waals surface area contributed by atoms with E-state index in [0.29, 0.717) is 50.0 Å². The van der Waals surface area contributed by atoms with Crippen molar-refractivity contribution in [2.75, 3.05) is 53.1 Å². The summed E-state index contributed by atoms with van der Waals surface area (Å²) >= 11 is 0. The van der Waals surface area contributed by atoms with Gasteiger partial charge >= 0.3 is 0 Å². The first-order valence-corrected chi connectivity index (χ1v) is 12.4. The van der Waals surface area contributed by atoms with Gasteiger partial charge in [-0.15, -0.1) is 0 Å². The van der Waals surface area contributed by atoms with Crippen LogP contribution in [0.15, 0.2) is 48.0 Å². The third kappa shape index (κ3) is 5.39. The number of ether oxygens (including phenoxy) is 3. The molecule has 0 bridgehead atoms. The number of benzene rings is 2. The Hall–Kier alpha value is -3.36. The molecule has 192 valence electrons. The highest BCUT2D eigenvalue weighted by Gasteiger charge is 2.46. The molecule has 1 atom stereocenters. The maximum Gasteiger partial charge on any atom is 0.295 e. The molecule has 4 rings (SSSR count). The van der Waals surface area contributed by atoms with Gasteiger partial charge in [-0.1, -0.05) is 19.1 Å². The normalized spacial score (nSPS) is 20.1. The Kier molecular flexibility index (Phi) is 8.28. The molecule has 2 aromatic rings. The third-order valence-corrected chi connectivity index (χ3v) is 6.66. The minimum absolute atomic E-state index is 0.0949. The van der Waals surface area contributed by atoms with Gasteiger partial charge in [0.15, 0.2) is 0 Å². The van der Waals surface area contributed by atoms with Crippen LogP contribution < -0.4 is 9.47 Å². The van der Waals surface area contributed by atoms with Crippen molar-refractivity contribution >= 4 is 17.4 Å². The lowest BCUT2D eigenvalue weighted by Gasteiger charge is -2.31. The number of morpholine rings is 1. The van der Waals surface area contributed by atoms with Crippen LogP contribution in [0.2, 0.25) is 0 Å². The molecule has 2 saturated heterocycles. The number of ketones is 1. The molecule has 2 heterocycles. The monoisotopic (exact) mass is 494 g/mol. The third-order valence-electron chi connectivity index (χ3n) is 6.66. The first kappa shape index (κ1) is 25.7. The zero-order valence-electron chi connectivity index (χ0n) is 21.2. The molecule has 0 spiro atoms. The Bertz CT molecular complexity index is 1120. The number of methoxy groups -OCH3 is 1. The van der Waals surface area contributed by atoms with Gasteiger partial charge in [-0.25, -0.2) is 0 Å². The molecule has 2 aromatic carbocycles. The zero-order valence-corrected chi connectivity index (χ0v) is 21.2. The van der Waals surface area contributed by atoms with Crippen LogP contribution in [-0.2, 0) is 14.3 Å². The minimum Gasteiger partial charge on any atom is -0.507 e. The number of carbonyl (C=O) groups is 2. The lowest BCUT2D eigenvalue weighted by atomic mass is 9.94. The summed E-state index contributed by atoms with van der Waals surface area (Å²) < 4.78 is 16.4. The second-order valence-corrected chi connectivity index (χ2v) is 9.04. The van der Waals surface area contributed by atoms with Gasteiger partial charge in [0.25, 0.3) is 11.7 Å². The van der Waals surface area contributed by atoms with E-state index in [1.807, 2.05) is 32.0 Å². The molecule has 1 amide bonds. The first-order chi connectivity index (χ1) is 17.4. The number of hydrogen-bond donors (Lipinski definition) is 1. The molecule has 0 saturated carbocycles. The van der Waals surface area contributed by atoms with E-state index < -0.39 is 17.7 Å². The van der Waals surface area contributed by atoms with E-state index in [2.05, 4.69) is 4.90 Å². The number of carbonyl (C=O) groups excluding carboxylic acids is 2. The summed E-state index contributed by atoms with van der Waals surface area (Å²) in [6.45, 7) is 8.32. The number of likely N-dealkylation sites (tertiary alicyclic amines) is 1. The van der Waals surface area contributed by atoms with E-state index in [0.717, 1.165) is 30.6 Å². The molecule has 1 unspecified atom stereocenters. The Morgan fingerprint density at radius 2 is 1.75 bits per heavy atom. The van der Waals surface area contributed by atoms with Gasteiger partial charge in [0.2, 0.25) is 0 Å². The summed E-state index contributed by atoms with van der Waals surface area (Å²) in [5.41, 5.74) is 2.09. The molecule has 8 nitrogen and oxygen atoms in total. The minimum atomic E-state index is -0.702. The Labute approximate surface area is 212 Å². The van der Waals surface area contributed by atoms with Crippen LogP contribution in [0.4, 0.5) is 0 Å². The van der Waals surface area contributed by atoms with Gasteiger partial charge in [0.1, 0.15) is 17.3 Å². The highest BCUT2D eigenvalue weighted by molar-refractivity contribution is 6.46. The summed E-state index contributed by atoms with van der Waals surface area (Å²) in [5, 5.41) is 11.4. The van der Waals surface area contributed by atoms with Gasteiger partial charge < -0.3 is 24.2 Å². The van der Waals surface area contributed by atoms with Gasteiger partial charge in [-0.05, 0) is 54.8 Å². The second kappa shape index (κ2) is 11.6. The molecular weight excluding hydrogens is 460 g/mol. The molecule has 36 heavy (non-hydrogen) atoms. The lowest BCUT2D eigenvalue weighted by Crippen LogP contribution is -2.42. The number of aliphatic hydroxyl groups is 1. The average molecular weight is 495 g/mol. The fourth-order valence-corrected chi connectivity index (χ4v) is 4.67. The summed E-state index contributed by atoms with van der Waals surface area (Å²) in [6.07, 6.45) is 0.885. The van der Waals surface area contributed by atoms with Gasteiger partial charge in [0, 0.05) is 31.7 Å². The standard InChI is InChI=1S/C28H34N2O6/c1-4-15-36-22-9-10-23(19(2)18-22)26(31)24-25(20-5-7-21(34-3)8-6-20)30(28(33)27(24)32)12-11-29-13-16-35-17-14-29/h5-10,18,25,31H,4,11-17H2,1-3H3/b26-24+. The Balaban J connectivity index is 1.72. The van der Waals surface area contributed by atoms with E-state index in [1.165, 1.54) is 0 Å². The number of aliphatic hydroxyl groups excluding tert-OH is 1. The van der Waals surface area contributed by atoms with Gasteiger partial charge in [0.05, 0.1) is 38.5 Å². The Morgan fingerprint density at radius 1 is 1.06 bits per heavy atom. The fraction of sp³-hybridized carbons (Fsp3) is 0.429. The smallest absolute Gasteiger partial charge is 0.295 e. The van der Waals surface area contributed by atoms with E-state index in [-0.39, 0.29) is 11.3 Å². The van der Waals surface area contributed by atoms with Crippen molar-refractivity contribution in [3.63, 3.8) is 0 Å². The summed E-state index contributed by atoms with van der Waals surface area (Å²) in [4.78, 5) is 30.3. The van der Waals surface area contributed by atoms with Crippen LogP contribution >= 0.6 is 0 Å². The Morgan fingerprint density at radius 3 is 2.39 bits per heavy atom. The van der Waals surface area contributed by atoms with Crippen molar-refractivity contribution in [2.45, 2.75) is 26.3 Å². The summed E-state index contributed by atoms with van der Waals surface area (Å²) in [6, 6.07) is 11.9. The lowest BCUT2D eigenvalue weighted by molar-refractivity contribution is -0.140. The van der Waals surface area contributed by atoms with Crippen molar-refractivity contribution in [3.05, 3.63) is 64.7 Å². The fourth-order valence-electron chi connectivity index (χ4n) is 4.67. The molecule has 2 aliphatic heterocycles. The number of amides is 1. The van der Waals surface area contributed by atoms with E-state index in [9.17, 15) is 14.7 Å². The van der Waals surface area contributed by atoms with E-state index in [4.69, 9.17) is 14.2 Å². The van der Waals surface area contributed by atoms with E-state index >= 15 is 0 Å². The molecule has 8 heteroatoms. The molecule has 0 aliphatic carbocycles. The average Bonchev–Trinajstić information content (AvgIpc) is 3.16. The van der Waals surface area contributed by atoms with Crippen LogP contribution in [0.5, 0.6) is 11.5 Å². The first-order valence-electron chi connectivity index (χ1n) is 12.4. The maximum absolute atomic E-state index is 13.3. The van der Waals surface area contributed by atoms with Crippen LogP contribution in [0.1, 0.15) is 36.1 Å². The van der Waals surface area contributed by atoms with Crippen molar-refractivity contribution in [1.29, 1.82) is 0 Å². The van der Waals surface area contributed by atoms with Crippen LogP contribution in [0.25, 0.3) is 5.76 Å². The number of aryl methyl sites for hydroxylation is 1. The molecule has 2 aliphatic rings. The summed E-state index contributed by atoms with van der Waals surface area (Å²) in [5.74, 6) is -0.0964. The second-order valence-electron chi connectivity index (χ2n) is 9.04. The van der Waals surface area contributed by atoms with Crippen molar-refractivity contribution < 1.29 is 28.9 Å². The molecule has 2 fully saturated rings. The van der Waals surface area contributed by atoms with Crippen molar-refractivity contribution in [2.24, 2.45) is 0 Å². The number of nitrogens with zero attached hydrogens (tertiary/aromatic N) is 2. The molecule has 0 aromatic heterocycles. The van der Waals surface area contributed by atoms with Crippen molar-refractivity contribution in [3.8, 4) is 11.5 Å². The maximum atomic E-state index is 13.3. The predicted octanol–water partition coefficient (Wildman–Crippen LogP) is 3.55. The predicted molar refractivity (Wildman–Crippen MR) is 136 cm³/mol. The van der Waals surface area contributed by atoms with Crippen LogP contribution in [0.3, 0.4) is 0 Å². The topological polar surface area (TPSA) is 88.5 Å². The largest absolute Gasteiger partial charge is 0.507 e. The van der Waals surface area contributed by atoms with Gasteiger partial charge in [-0.2, -0.15) is 0 Å².